The van der Waals surface area contributed by atoms with Crippen LogP contribution in [0.15, 0.2) is 43.0 Å². The molecule has 0 saturated heterocycles. The predicted octanol–water partition coefficient (Wildman–Crippen LogP) is 4.51. The zero-order valence-corrected chi connectivity index (χ0v) is 16.3. The van der Waals surface area contributed by atoms with Gasteiger partial charge in [-0.25, -0.2) is 15.0 Å². The third kappa shape index (κ3) is 3.62. The zero-order valence-electron chi connectivity index (χ0n) is 16.3. The molecule has 4 heterocycles. The van der Waals surface area contributed by atoms with Crippen molar-refractivity contribution < 1.29 is 4.39 Å². The molecule has 0 bridgehead atoms. The van der Waals surface area contributed by atoms with Crippen LogP contribution in [0.1, 0.15) is 59.5 Å². The van der Waals surface area contributed by atoms with Gasteiger partial charge in [-0.2, -0.15) is 4.39 Å². The molecule has 1 N–H and O–H groups in total. The van der Waals surface area contributed by atoms with Gasteiger partial charge in [0.2, 0.25) is 5.95 Å². The Kier molecular flexibility index (Phi) is 4.54. The third-order valence-corrected chi connectivity index (χ3v) is 5.54. The summed E-state index contributed by atoms with van der Waals surface area (Å²) >= 11 is 0. The van der Waals surface area contributed by atoms with Gasteiger partial charge in [0.25, 0.3) is 0 Å². The number of rotatable bonds is 6. The molecule has 1 aliphatic rings. The van der Waals surface area contributed by atoms with Crippen molar-refractivity contribution in [3.8, 4) is 0 Å². The van der Waals surface area contributed by atoms with Crippen LogP contribution in [0.25, 0.3) is 11.0 Å². The van der Waals surface area contributed by atoms with E-state index in [1.807, 2.05) is 36.7 Å². The minimum atomic E-state index is -0.417. The molecule has 0 unspecified atom stereocenters. The van der Waals surface area contributed by atoms with Crippen LogP contribution in [-0.2, 0) is 19.3 Å². The van der Waals surface area contributed by atoms with E-state index in [4.69, 9.17) is 0 Å². The number of hydrogen-bond acceptors (Lipinski definition) is 4. The second-order valence-corrected chi connectivity index (χ2v) is 7.69. The number of nitrogens with zero attached hydrogens (tertiary/aromatic N) is 4. The van der Waals surface area contributed by atoms with Gasteiger partial charge in [0.1, 0.15) is 12.0 Å². The average Bonchev–Trinajstić information content (AvgIpc) is 3.51. The van der Waals surface area contributed by atoms with Crippen LogP contribution in [0.4, 0.5) is 4.39 Å². The Labute approximate surface area is 168 Å². The van der Waals surface area contributed by atoms with E-state index in [1.165, 1.54) is 0 Å². The minimum absolute atomic E-state index is 0.417. The Morgan fingerprint density at radius 3 is 2.59 bits per heavy atom. The highest BCUT2D eigenvalue weighted by molar-refractivity contribution is 5.83. The minimum Gasteiger partial charge on any atom is -0.346 e. The largest absolute Gasteiger partial charge is 0.346 e. The van der Waals surface area contributed by atoms with Gasteiger partial charge in [0.05, 0.1) is 5.69 Å². The van der Waals surface area contributed by atoms with Crippen LogP contribution in [-0.4, -0.2) is 24.9 Å². The summed E-state index contributed by atoms with van der Waals surface area (Å²) in [5.41, 5.74) is 6.30. The maximum absolute atomic E-state index is 14.8. The summed E-state index contributed by atoms with van der Waals surface area (Å²) in [6.07, 6.45) is 9.64. The number of halogens is 1. The van der Waals surface area contributed by atoms with E-state index in [9.17, 15) is 4.39 Å². The Balaban J connectivity index is 1.39. The molecule has 0 radical (unpaired) electrons. The maximum Gasteiger partial charge on any atom is 0.216 e. The van der Waals surface area contributed by atoms with E-state index < -0.39 is 5.95 Å². The summed E-state index contributed by atoms with van der Waals surface area (Å²) in [5.74, 6) is 0.0907. The molecule has 1 aliphatic carbocycles. The highest BCUT2D eigenvalue weighted by Crippen LogP contribution is 2.42. The molecule has 1 fully saturated rings. The summed E-state index contributed by atoms with van der Waals surface area (Å²) in [6.45, 7) is 2.07. The number of H-pyrrole nitrogens is 1. The number of nitrogens with one attached hydrogen (secondary N) is 1. The fraction of sp³-hybridized carbons (Fsp3) is 0.304. The summed E-state index contributed by atoms with van der Waals surface area (Å²) in [5, 5.41) is 1.04. The van der Waals surface area contributed by atoms with Crippen molar-refractivity contribution in [1.82, 2.24) is 24.9 Å². The Hall–Kier alpha value is -3.15. The standard InChI is InChI=1S/C23H22FN5/c1-2-18-7-3-14(11-25-18)9-19-8-6-16(22(24)29-19)10-17-12-26-23-20(17)21(15-4-5-15)27-13-28-23/h3,6-8,11-13,15H,2,4-5,9-10H2,1H3,(H,26,27,28). The smallest absolute Gasteiger partial charge is 0.216 e. The number of aryl methyl sites for hydroxylation is 1. The van der Waals surface area contributed by atoms with E-state index in [0.29, 0.717) is 30.0 Å². The first-order valence-electron chi connectivity index (χ1n) is 10.1. The second-order valence-electron chi connectivity index (χ2n) is 7.69. The van der Waals surface area contributed by atoms with Crippen molar-refractivity contribution in [2.24, 2.45) is 0 Å². The highest BCUT2D eigenvalue weighted by atomic mass is 19.1. The normalized spacial score (nSPS) is 13.9. The number of fused-ring (bicyclic) bond motifs is 1. The average molecular weight is 387 g/mol. The quantitative estimate of drug-likeness (QED) is 0.494. The summed E-state index contributed by atoms with van der Waals surface area (Å²) in [6, 6.07) is 7.78. The molecule has 4 aromatic rings. The van der Waals surface area contributed by atoms with Crippen LogP contribution in [0.5, 0.6) is 0 Å². The van der Waals surface area contributed by atoms with Gasteiger partial charge in [0, 0.05) is 53.5 Å². The Bertz CT molecular complexity index is 1160. The van der Waals surface area contributed by atoms with Gasteiger partial charge >= 0.3 is 0 Å². The van der Waals surface area contributed by atoms with Gasteiger partial charge in [-0.1, -0.05) is 19.1 Å². The fourth-order valence-electron chi connectivity index (χ4n) is 3.77. The SMILES string of the molecule is CCc1ccc(Cc2ccc(Cc3c[nH]c4ncnc(C5CC5)c34)c(F)n2)cn1. The summed E-state index contributed by atoms with van der Waals surface area (Å²) in [7, 11) is 0. The van der Waals surface area contributed by atoms with Crippen LogP contribution < -0.4 is 0 Å². The van der Waals surface area contributed by atoms with E-state index in [1.54, 1.807) is 6.33 Å². The predicted molar refractivity (Wildman–Crippen MR) is 109 cm³/mol. The molecular formula is C23H22FN5. The van der Waals surface area contributed by atoms with Crippen molar-refractivity contribution in [1.29, 1.82) is 0 Å². The fourth-order valence-corrected chi connectivity index (χ4v) is 3.77. The molecule has 5 rings (SSSR count). The van der Waals surface area contributed by atoms with Gasteiger partial charge in [-0.15, -0.1) is 0 Å². The molecular weight excluding hydrogens is 365 g/mol. The van der Waals surface area contributed by atoms with Gasteiger partial charge in [0.15, 0.2) is 0 Å². The third-order valence-electron chi connectivity index (χ3n) is 5.54. The van der Waals surface area contributed by atoms with Crippen molar-refractivity contribution in [2.75, 3.05) is 0 Å². The molecule has 0 aliphatic heterocycles. The van der Waals surface area contributed by atoms with Crippen molar-refractivity contribution >= 4 is 11.0 Å². The topological polar surface area (TPSA) is 67.3 Å². The van der Waals surface area contributed by atoms with E-state index in [0.717, 1.165) is 52.8 Å². The van der Waals surface area contributed by atoms with Gasteiger partial charge < -0.3 is 4.98 Å². The molecule has 0 aromatic carbocycles. The van der Waals surface area contributed by atoms with Crippen LogP contribution in [0.3, 0.4) is 0 Å². The van der Waals surface area contributed by atoms with Crippen molar-refractivity contribution in [3.63, 3.8) is 0 Å². The molecule has 0 atom stereocenters. The molecule has 4 aromatic heterocycles. The number of pyridine rings is 2. The molecule has 1 saturated carbocycles. The van der Waals surface area contributed by atoms with E-state index in [2.05, 4.69) is 31.8 Å². The lowest BCUT2D eigenvalue weighted by Gasteiger charge is -2.07. The Morgan fingerprint density at radius 2 is 1.86 bits per heavy atom. The molecule has 146 valence electrons. The van der Waals surface area contributed by atoms with Gasteiger partial charge in [-0.05, 0) is 42.5 Å². The molecule has 5 nitrogen and oxygen atoms in total. The first kappa shape index (κ1) is 17.9. The molecule has 29 heavy (non-hydrogen) atoms. The molecule has 0 amide bonds. The van der Waals surface area contributed by atoms with E-state index in [-0.39, 0.29) is 0 Å². The van der Waals surface area contributed by atoms with Crippen molar-refractivity contribution in [3.05, 3.63) is 82.7 Å². The summed E-state index contributed by atoms with van der Waals surface area (Å²) < 4.78 is 14.8. The molecule has 0 spiro atoms. The van der Waals surface area contributed by atoms with Crippen LogP contribution in [0.2, 0.25) is 0 Å². The molecule has 6 heteroatoms. The first-order valence-corrected chi connectivity index (χ1v) is 10.1. The zero-order chi connectivity index (χ0) is 19.8. The Morgan fingerprint density at radius 1 is 1.00 bits per heavy atom. The lowest BCUT2D eigenvalue weighted by molar-refractivity contribution is 0.565. The second kappa shape index (κ2) is 7.35. The maximum atomic E-state index is 14.8. The number of aromatic amines is 1. The van der Waals surface area contributed by atoms with Crippen LogP contribution >= 0.6 is 0 Å². The van der Waals surface area contributed by atoms with E-state index >= 15 is 0 Å². The lowest BCUT2D eigenvalue weighted by Crippen LogP contribution is -2.01. The highest BCUT2D eigenvalue weighted by Gasteiger charge is 2.28. The number of hydrogen-bond donors (Lipinski definition) is 1. The van der Waals surface area contributed by atoms with Gasteiger partial charge in [-0.3, -0.25) is 4.98 Å². The lowest BCUT2D eigenvalue weighted by atomic mass is 10.0. The summed E-state index contributed by atoms with van der Waals surface area (Å²) in [4.78, 5) is 20.6. The van der Waals surface area contributed by atoms with Crippen molar-refractivity contribution in [2.45, 2.75) is 44.9 Å². The first-order chi connectivity index (χ1) is 14.2. The van der Waals surface area contributed by atoms with Crippen LogP contribution in [0, 0.1) is 5.95 Å². The number of aromatic nitrogens is 5. The monoisotopic (exact) mass is 387 g/mol.